The summed E-state index contributed by atoms with van der Waals surface area (Å²) in [6, 6.07) is 5.04. The topological polar surface area (TPSA) is 63.6 Å². The van der Waals surface area contributed by atoms with Crippen LogP contribution in [0.15, 0.2) is 24.3 Å². The van der Waals surface area contributed by atoms with E-state index in [2.05, 4.69) is 0 Å². The molecule has 1 aliphatic heterocycles. The van der Waals surface area contributed by atoms with Crippen LogP contribution in [0, 0.1) is 0 Å². The van der Waals surface area contributed by atoms with Gasteiger partial charge in [-0.25, -0.2) is 4.79 Å². The number of carboxylic acids is 1. The van der Waals surface area contributed by atoms with Crippen molar-refractivity contribution >= 4 is 17.8 Å². The third kappa shape index (κ3) is 2.11. The number of carbonyl (C=O) groups excluding carboxylic acids is 1. The molecule has 0 aromatic heterocycles. The molecule has 4 heteroatoms. The third-order valence-corrected chi connectivity index (χ3v) is 2.31. The van der Waals surface area contributed by atoms with Gasteiger partial charge in [0.2, 0.25) is 0 Å². The minimum absolute atomic E-state index is 0.0648. The Morgan fingerprint density at radius 1 is 1.44 bits per heavy atom. The van der Waals surface area contributed by atoms with E-state index < -0.39 is 5.97 Å². The zero-order valence-corrected chi connectivity index (χ0v) is 8.47. The maximum atomic E-state index is 11.5. The highest BCUT2D eigenvalue weighted by molar-refractivity contribution is 6.00. The van der Waals surface area contributed by atoms with E-state index in [1.54, 1.807) is 18.2 Å². The molecule has 0 spiro atoms. The van der Waals surface area contributed by atoms with Crippen LogP contribution in [0.5, 0.6) is 5.75 Å². The Balaban J connectivity index is 2.32. The number of Topliss-reactive ketones (excluding diaryl/α,β-unsaturated/α-hetero) is 1. The maximum Gasteiger partial charge on any atom is 0.328 e. The van der Waals surface area contributed by atoms with E-state index in [-0.39, 0.29) is 5.78 Å². The van der Waals surface area contributed by atoms with Gasteiger partial charge < -0.3 is 9.84 Å². The minimum Gasteiger partial charge on any atom is -0.492 e. The molecule has 0 amide bonds. The van der Waals surface area contributed by atoms with Gasteiger partial charge in [0, 0.05) is 12.5 Å². The monoisotopic (exact) mass is 218 g/mol. The molecule has 1 aromatic carbocycles. The van der Waals surface area contributed by atoms with Crippen LogP contribution in [0.2, 0.25) is 0 Å². The number of fused-ring (bicyclic) bond motifs is 1. The molecule has 1 aromatic rings. The Morgan fingerprint density at radius 3 is 3.00 bits per heavy atom. The molecule has 0 radical (unpaired) electrons. The summed E-state index contributed by atoms with van der Waals surface area (Å²) >= 11 is 0. The van der Waals surface area contributed by atoms with Crippen LogP contribution in [-0.2, 0) is 4.79 Å². The van der Waals surface area contributed by atoms with Crippen LogP contribution in [0.1, 0.15) is 22.3 Å². The van der Waals surface area contributed by atoms with Crippen molar-refractivity contribution in [2.45, 2.75) is 6.42 Å². The molecule has 1 aliphatic rings. The van der Waals surface area contributed by atoms with Crippen molar-refractivity contribution in [3.63, 3.8) is 0 Å². The Morgan fingerprint density at radius 2 is 2.25 bits per heavy atom. The van der Waals surface area contributed by atoms with Crippen molar-refractivity contribution < 1.29 is 19.4 Å². The van der Waals surface area contributed by atoms with Crippen LogP contribution in [-0.4, -0.2) is 23.5 Å². The first kappa shape index (κ1) is 10.4. The summed E-state index contributed by atoms with van der Waals surface area (Å²) in [5.74, 6) is -0.409. The van der Waals surface area contributed by atoms with Crippen LogP contribution >= 0.6 is 0 Å². The fourth-order valence-electron chi connectivity index (χ4n) is 1.55. The lowest BCUT2D eigenvalue weighted by Crippen LogP contribution is -2.15. The summed E-state index contributed by atoms with van der Waals surface area (Å²) in [5.41, 5.74) is 1.27. The highest BCUT2D eigenvalue weighted by atomic mass is 16.5. The van der Waals surface area contributed by atoms with E-state index in [1.165, 1.54) is 6.08 Å². The zero-order valence-electron chi connectivity index (χ0n) is 8.47. The number of carbonyl (C=O) groups is 2. The number of hydrogen-bond donors (Lipinski definition) is 1. The zero-order chi connectivity index (χ0) is 11.5. The summed E-state index contributed by atoms with van der Waals surface area (Å²) in [7, 11) is 0. The van der Waals surface area contributed by atoms with Gasteiger partial charge in [0.25, 0.3) is 0 Å². The van der Waals surface area contributed by atoms with E-state index >= 15 is 0 Å². The largest absolute Gasteiger partial charge is 0.492 e. The number of carboxylic acid groups (broad SMARTS) is 1. The molecule has 16 heavy (non-hydrogen) atoms. The highest BCUT2D eigenvalue weighted by Gasteiger charge is 2.17. The van der Waals surface area contributed by atoms with Crippen LogP contribution in [0.3, 0.4) is 0 Å². The molecule has 82 valence electrons. The fourth-order valence-corrected chi connectivity index (χ4v) is 1.55. The average molecular weight is 218 g/mol. The van der Waals surface area contributed by atoms with Crippen molar-refractivity contribution in [3.8, 4) is 5.75 Å². The van der Waals surface area contributed by atoms with E-state index in [0.29, 0.717) is 29.9 Å². The predicted octanol–water partition coefficient (Wildman–Crippen LogP) is 1.75. The van der Waals surface area contributed by atoms with E-state index in [1.807, 2.05) is 0 Å². The van der Waals surface area contributed by atoms with Gasteiger partial charge >= 0.3 is 5.97 Å². The van der Waals surface area contributed by atoms with Crippen LogP contribution in [0.4, 0.5) is 0 Å². The molecular weight excluding hydrogens is 208 g/mol. The van der Waals surface area contributed by atoms with Crippen molar-refractivity contribution in [1.82, 2.24) is 0 Å². The van der Waals surface area contributed by atoms with Crippen molar-refractivity contribution in [1.29, 1.82) is 0 Å². The lowest BCUT2D eigenvalue weighted by atomic mass is 10.0. The second-order valence-electron chi connectivity index (χ2n) is 3.45. The minimum atomic E-state index is -1.00. The molecular formula is C12H10O4. The second kappa shape index (κ2) is 4.18. The molecule has 1 N–H and O–H groups in total. The lowest BCUT2D eigenvalue weighted by molar-refractivity contribution is -0.131. The Bertz CT molecular complexity index is 474. The number of ether oxygens (including phenoxy) is 1. The van der Waals surface area contributed by atoms with E-state index in [0.717, 1.165) is 6.08 Å². The first-order valence-electron chi connectivity index (χ1n) is 4.88. The highest BCUT2D eigenvalue weighted by Crippen LogP contribution is 2.26. The number of ketones is 1. The van der Waals surface area contributed by atoms with E-state index in [9.17, 15) is 9.59 Å². The normalized spacial score (nSPS) is 14.6. The summed E-state index contributed by atoms with van der Waals surface area (Å²) in [5, 5.41) is 8.48. The number of benzene rings is 1. The molecule has 0 bridgehead atoms. The van der Waals surface area contributed by atoms with Gasteiger partial charge in [-0.15, -0.1) is 0 Å². The van der Waals surface area contributed by atoms with Gasteiger partial charge in [-0.2, -0.15) is 0 Å². The average Bonchev–Trinajstić information content (AvgIpc) is 2.26. The van der Waals surface area contributed by atoms with Crippen molar-refractivity contribution in [2.24, 2.45) is 0 Å². The van der Waals surface area contributed by atoms with Gasteiger partial charge in [0.05, 0.1) is 12.2 Å². The fraction of sp³-hybridized carbons (Fsp3) is 0.167. The first-order valence-corrected chi connectivity index (χ1v) is 4.88. The number of aliphatic carboxylic acids is 1. The predicted molar refractivity (Wildman–Crippen MR) is 57.6 cm³/mol. The van der Waals surface area contributed by atoms with Crippen molar-refractivity contribution in [3.05, 3.63) is 35.4 Å². The Kier molecular flexibility index (Phi) is 2.72. The molecule has 1 heterocycles. The Labute approximate surface area is 92.2 Å². The molecule has 2 rings (SSSR count). The summed E-state index contributed by atoms with van der Waals surface area (Å²) in [6.45, 7) is 0.387. The third-order valence-electron chi connectivity index (χ3n) is 2.31. The molecule has 4 nitrogen and oxygen atoms in total. The SMILES string of the molecule is O=C(O)C=Cc1ccc2c(c1)OCCC2=O. The molecule has 0 aliphatic carbocycles. The molecule has 0 fully saturated rings. The van der Waals surface area contributed by atoms with Crippen LogP contribution in [0.25, 0.3) is 6.08 Å². The molecule has 0 saturated heterocycles. The second-order valence-corrected chi connectivity index (χ2v) is 3.45. The quantitative estimate of drug-likeness (QED) is 0.768. The lowest BCUT2D eigenvalue weighted by Gasteiger charge is -2.16. The summed E-state index contributed by atoms with van der Waals surface area (Å²) < 4.78 is 5.34. The van der Waals surface area contributed by atoms with Gasteiger partial charge in [-0.05, 0) is 23.8 Å². The van der Waals surface area contributed by atoms with Gasteiger partial charge in [-0.3, -0.25) is 4.79 Å². The summed E-state index contributed by atoms with van der Waals surface area (Å²) in [6.07, 6.45) is 2.91. The molecule has 0 unspecified atom stereocenters. The summed E-state index contributed by atoms with van der Waals surface area (Å²) in [4.78, 5) is 21.8. The van der Waals surface area contributed by atoms with Crippen molar-refractivity contribution in [2.75, 3.05) is 6.61 Å². The maximum absolute atomic E-state index is 11.5. The Hall–Kier alpha value is -2.10. The molecule has 0 atom stereocenters. The first-order chi connectivity index (χ1) is 7.66. The number of rotatable bonds is 2. The number of hydrogen-bond acceptors (Lipinski definition) is 3. The molecule has 0 saturated carbocycles. The standard InChI is InChI=1S/C12H10O4/c13-10-5-6-16-11-7-8(1-3-9(10)11)2-4-12(14)15/h1-4,7H,5-6H2,(H,14,15). The van der Waals surface area contributed by atoms with E-state index in [4.69, 9.17) is 9.84 Å². The van der Waals surface area contributed by atoms with Gasteiger partial charge in [0.15, 0.2) is 5.78 Å². The van der Waals surface area contributed by atoms with Crippen LogP contribution < -0.4 is 4.74 Å². The van der Waals surface area contributed by atoms with Gasteiger partial charge in [0.1, 0.15) is 5.75 Å². The smallest absolute Gasteiger partial charge is 0.328 e. The van der Waals surface area contributed by atoms with Gasteiger partial charge in [-0.1, -0.05) is 6.07 Å².